The summed E-state index contributed by atoms with van der Waals surface area (Å²) in [6.45, 7) is 5.18. The Hall–Kier alpha value is -1.50. The van der Waals surface area contributed by atoms with Crippen LogP contribution in [0.2, 0.25) is 0 Å². The molecule has 0 saturated heterocycles. The molecule has 0 atom stereocenters. The van der Waals surface area contributed by atoms with E-state index >= 15 is 0 Å². The van der Waals surface area contributed by atoms with Crippen molar-refractivity contribution in [3.05, 3.63) is 18.4 Å². The SMILES string of the molecule is C=C=CC.N#CC#N. The van der Waals surface area contributed by atoms with Gasteiger partial charge in [0.05, 0.1) is 0 Å². The lowest BCUT2D eigenvalue weighted by atomic mass is 10.7. The Morgan fingerprint density at radius 1 is 1.38 bits per heavy atom. The van der Waals surface area contributed by atoms with Gasteiger partial charge in [0.15, 0.2) is 12.1 Å². The lowest BCUT2D eigenvalue weighted by Crippen LogP contribution is -1.26. The molecule has 0 bridgehead atoms. The number of hydrogen-bond acceptors (Lipinski definition) is 2. The van der Waals surface area contributed by atoms with E-state index in [0.717, 1.165) is 0 Å². The van der Waals surface area contributed by atoms with Crippen LogP contribution in [0, 0.1) is 22.7 Å². The molecule has 0 aliphatic rings. The highest BCUT2D eigenvalue weighted by atomic mass is 14.3. The molecule has 0 unspecified atom stereocenters. The van der Waals surface area contributed by atoms with Gasteiger partial charge in [0.2, 0.25) is 0 Å². The van der Waals surface area contributed by atoms with Crippen molar-refractivity contribution < 1.29 is 0 Å². The zero-order valence-electron chi connectivity index (χ0n) is 4.68. The summed E-state index contributed by atoms with van der Waals surface area (Å²) >= 11 is 0. The summed E-state index contributed by atoms with van der Waals surface area (Å²) < 4.78 is 0. The van der Waals surface area contributed by atoms with Crippen molar-refractivity contribution in [2.45, 2.75) is 6.92 Å². The number of nitrogens with zero attached hydrogens (tertiary/aromatic N) is 2. The fourth-order valence-corrected chi connectivity index (χ4v) is 0. The van der Waals surface area contributed by atoms with Gasteiger partial charge < -0.3 is 0 Å². The molecule has 8 heavy (non-hydrogen) atoms. The first kappa shape index (κ1) is 9.71. The summed E-state index contributed by atoms with van der Waals surface area (Å²) in [5.74, 6) is 0. The van der Waals surface area contributed by atoms with Gasteiger partial charge in [0.1, 0.15) is 0 Å². The predicted molar refractivity (Wildman–Crippen MR) is 30.6 cm³/mol. The van der Waals surface area contributed by atoms with Crippen LogP contribution in [0.15, 0.2) is 18.4 Å². The summed E-state index contributed by atoms with van der Waals surface area (Å²) in [5, 5.41) is 14.5. The van der Waals surface area contributed by atoms with Crippen LogP contribution in [0.1, 0.15) is 6.92 Å². The van der Waals surface area contributed by atoms with Crippen molar-refractivity contribution in [2.75, 3.05) is 0 Å². The van der Waals surface area contributed by atoms with Crippen LogP contribution in [-0.2, 0) is 0 Å². The predicted octanol–water partition coefficient (Wildman–Crippen LogP) is 1.38. The van der Waals surface area contributed by atoms with Gasteiger partial charge in [-0.2, -0.15) is 10.5 Å². The molecule has 0 aromatic carbocycles. The first-order chi connectivity index (χ1) is 3.83. The minimum atomic E-state index is 1.24. The standard InChI is InChI=1S/C4H6.C2N2/c1-3-4-2;3-1-2-4/h4H,1H2,2H3;. The van der Waals surface area contributed by atoms with E-state index in [9.17, 15) is 0 Å². The van der Waals surface area contributed by atoms with Gasteiger partial charge in [-0.3, -0.25) is 0 Å². The van der Waals surface area contributed by atoms with Crippen LogP contribution in [-0.4, -0.2) is 0 Å². The molecule has 0 N–H and O–H groups in total. The molecule has 0 amide bonds. The maximum Gasteiger partial charge on any atom is 0.181 e. The van der Waals surface area contributed by atoms with Crippen LogP contribution in [0.4, 0.5) is 0 Å². The molecule has 2 nitrogen and oxygen atoms in total. The Balaban J connectivity index is 0. The number of hydrogen-bond donors (Lipinski definition) is 0. The Bertz CT molecular complexity index is 138. The van der Waals surface area contributed by atoms with Gasteiger partial charge in [-0.25, -0.2) is 0 Å². The van der Waals surface area contributed by atoms with E-state index in [1.165, 1.54) is 12.1 Å². The minimum absolute atomic E-state index is 1.24. The average Bonchev–Trinajstić information content (AvgIpc) is 1.88. The van der Waals surface area contributed by atoms with Crippen molar-refractivity contribution in [3.63, 3.8) is 0 Å². The van der Waals surface area contributed by atoms with Crippen molar-refractivity contribution >= 4 is 0 Å². The highest BCUT2D eigenvalue weighted by molar-refractivity contribution is 4.99. The van der Waals surface area contributed by atoms with Crippen molar-refractivity contribution in [2.24, 2.45) is 0 Å². The summed E-state index contributed by atoms with van der Waals surface area (Å²) in [7, 11) is 0. The molecule has 0 radical (unpaired) electrons. The van der Waals surface area contributed by atoms with Crippen molar-refractivity contribution in [3.8, 4) is 12.1 Å². The van der Waals surface area contributed by atoms with E-state index in [0.29, 0.717) is 0 Å². The monoisotopic (exact) mass is 106 g/mol. The zero-order chi connectivity index (χ0) is 6.83. The fourth-order valence-electron chi connectivity index (χ4n) is 0. The molecule has 0 fully saturated rings. The van der Waals surface area contributed by atoms with Gasteiger partial charge in [-0.1, -0.05) is 6.58 Å². The summed E-state index contributed by atoms with van der Waals surface area (Å²) in [6.07, 6.45) is 1.76. The fraction of sp³-hybridized carbons (Fsp3) is 0.167. The molecule has 0 aliphatic heterocycles. The van der Waals surface area contributed by atoms with Gasteiger partial charge in [-0.15, -0.1) is 5.73 Å². The Kier molecular flexibility index (Phi) is 21.6. The maximum absolute atomic E-state index is 7.26. The van der Waals surface area contributed by atoms with E-state index in [-0.39, 0.29) is 0 Å². The van der Waals surface area contributed by atoms with Crippen LogP contribution in [0.3, 0.4) is 0 Å². The van der Waals surface area contributed by atoms with Gasteiger partial charge in [-0.05, 0) is 13.0 Å². The van der Waals surface area contributed by atoms with Gasteiger partial charge in [0.25, 0.3) is 0 Å². The second-order valence-electron chi connectivity index (χ2n) is 0.716. The zero-order valence-corrected chi connectivity index (χ0v) is 4.68. The molecule has 0 aromatic heterocycles. The summed E-state index contributed by atoms with van der Waals surface area (Å²) in [5.41, 5.74) is 2.56. The molecular formula is C6H6N2. The third-order valence-corrected chi connectivity index (χ3v) is 0.254. The first-order valence-corrected chi connectivity index (χ1v) is 1.92. The van der Waals surface area contributed by atoms with E-state index in [2.05, 4.69) is 12.3 Å². The topological polar surface area (TPSA) is 47.6 Å². The Morgan fingerprint density at radius 3 is 1.62 bits per heavy atom. The molecule has 0 spiro atoms. The summed E-state index contributed by atoms with van der Waals surface area (Å²) in [6, 6.07) is 2.47. The molecular weight excluding hydrogens is 100 g/mol. The Labute approximate surface area is 49.0 Å². The van der Waals surface area contributed by atoms with Gasteiger partial charge in [0, 0.05) is 0 Å². The van der Waals surface area contributed by atoms with Crippen LogP contribution < -0.4 is 0 Å². The van der Waals surface area contributed by atoms with E-state index in [1.807, 2.05) is 6.92 Å². The smallest absolute Gasteiger partial charge is 0.181 e. The maximum atomic E-state index is 7.26. The molecule has 0 heterocycles. The Morgan fingerprint density at radius 2 is 1.62 bits per heavy atom. The average molecular weight is 106 g/mol. The third kappa shape index (κ3) is 220. The van der Waals surface area contributed by atoms with Crippen molar-refractivity contribution in [1.29, 1.82) is 10.5 Å². The van der Waals surface area contributed by atoms with Gasteiger partial charge >= 0.3 is 0 Å². The highest BCUT2D eigenvalue weighted by Gasteiger charge is 1.39. The molecule has 2 heteroatoms. The number of nitriles is 2. The highest BCUT2D eigenvalue weighted by Crippen LogP contribution is 1.46. The second-order valence-corrected chi connectivity index (χ2v) is 0.716. The second kappa shape index (κ2) is 17.8. The lowest BCUT2D eigenvalue weighted by Gasteiger charge is -1.37. The molecule has 0 aliphatic carbocycles. The minimum Gasteiger partial charge on any atom is -0.181 e. The third-order valence-electron chi connectivity index (χ3n) is 0.254. The van der Waals surface area contributed by atoms with E-state index in [1.54, 1.807) is 6.08 Å². The lowest BCUT2D eigenvalue weighted by molar-refractivity contribution is 1.49. The van der Waals surface area contributed by atoms with Crippen LogP contribution in [0.25, 0.3) is 0 Å². The largest absolute Gasteiger partial charge is 0.181 e. The first-order valence-electron chi connectivity index (χ1n) is 1.92. The van der Waals surface area contributed by atoms with Crippen LogP contribution >= 0.6 is 0 Å². The number of rotatable bonds is 0. The molecule has 0 rings (SSSR count). The van der Waals surface area contributed by atoms with Crippen molar-refractivity contribution in [1.82, 2.24) is 0 Å². The summed E-state index contributed by atoms with van der Waals surface area (Å²) in [4.78, 5) is 0. The normalized spacial score (nSPS) is 3.38. The molecule has 0 saturated carbocycles. The van der Waals surface area contributed by atoms with E-state index < -0.39 is 0 Å². The molecule has 40 valence electrons. The number of allylic oxidation sites excluding steroid dienone is 1. The molecule has 0 aromatic rings. The van der Waals surface area contributed by atoms with E-state index in [4.69, 9.17) is 10.5 Å². The van der Waals surface area contributed by atoms with Crippen LogP contribution in [0.5, 0.6) is 0 Å². The quantitative estimate of drug-likeness (QED) is 0.438.